The molecule has 1 aliphatic carbocycles. The highest BCUT2D eigenvalue weighted by molar-refractivity contribution is 5.78. The van der Waals surface area contributed by atoms with Gasteiger partial charge in [-0.3, -0.25) is 4.79 Å². The number of para-hydroxylation sites is 1. The molecule has 1 fully saturated rings. The molecule has 0 unspecified atom stereocenters. The minimum Gasteiger partial charge on any atom is -0.467 e. The summed E-state index contributed by atoms with van der Waals surface area (Å²) in [6.45, 7) is 0. The number of aromatic nitrogens is 2. The second-order valence-corrected chi connectivity index (χ2v) is 6.02. The van der Waals surface area contributed by atoms with Crippen molar-refractivity contribution in [2.75, 3.05) is 7.11 Å². The van der Waals surface area contributed by atoms with Gasteiger partial charge in [0, 0.05) is 0 Å². The number of hydrogen-bond acceptors (Lipinski definition) is 4. The lowest BCUT2D eigenvalue weighted by Gasteiger charge is -2.29. The van der Waals surface area contributed by atoms with E-state index in [4.69, 9.17) is 4.74 Å². The van der Waals surface area contributed by atoms with Crippen LogP contribution in [-0.4, -0.2) is 22.6 Å². The number of ether oxygens (including phenoxy) is 1. The van der Waals surface area contributed by atoms with Crippen LogP contribution in [0.4, 0.5) is 0 Å². The van der Waals surface area contributed by atoms with Crippen molar-refractivity contribution in [1.82, 2.24) is 9.55 Å². The standard InChI is InChI=1S/C17H20N2O4/c1-23-16(21)14(11-7-3-2-4-8-11)19-15(20)12-9-5-6-10-13(12)18-17(19)22/h5-6,9-11,14H,2-4,7-8H2,1H3,(H,18,22)/t14-/m1/s1. The minimum atomic E-state index is -0.860. The van der Waals surface area contributed by atoms with E-state index in [1.165, 1.54) is 7.11 Å². The fraction of sp³-hybridized carbons (Fsp3) is 0.471. The van der Waals surface area contributed by atoms with Gasteiger partial charge < -0.3 is 9.72 Å². The summed E-state index contributed by atoms with van der Waals surface area (Å²) < 4.78 is 5.94. The highest BCUT2D eigenvalue weighted by atomic mass is 16.5. The molecule has 23 heavy (non-hydrogen) atoms. The first-order valence-corrected chi connectivity index (χ1v) is 7.95. The summed E-state index contributed by atoms with van der Waals surface area (Å²) in [5.74, 6) is -0.573. The van der Waals surface area contributed by atoms with Crippen LogP contribution in [-0.2, 0) is 9.53 Å². The van der Waals surface area contributed by atoms with Gasteiger partial charge in [-0.1, -0.05) is 31.4 Å². The second-order valence-electron chi connectivity index (χ2n) is 6.02. The van der Waals surface area contributed by atoms with E-state index in [1.54, 1.807) is 24.3 Å². The van der Waals surface area contributed by atoms with Gasteiger partial charge in [-0.05, 0) is 30.9 Å². The van der Waals surface area contributed by atoms with Gasteiger partial charge in [-0.15, -0.1) is 0 Å². The lowest BCUT2D eigenvalue weighted by atomic mass is 9.83. The van der Waals surface area contributed by atoms with E-state index >= 15 is 0 Å². The van der Waals surface area contributed by atoms with Crippen molar-refractivity contribution in [3.63, 3.8) is 0 Å². The van der Waals surface area contributed by atoms with Crippen LogP contribution in [0.25, 0.3) is 10.9 Å². The Morgan fingerprint density at radius 3 is 2.61 bits per heavy atom. The van der Waals surface area contributed by atoms with Crippen LogP contribution in [0.2, 0.25) is 0 Å². The van der Waals surface area contributed by atoms with Gasteiger partial charge in [0.05, 0.1) is 18.0 Å². The number of nitrogens with zero attached hydrogens (tertiary/aromatic N) is 1. The number of benzene rings is 1. The maximum atomic E-state index is 12.8. The molecule has 6 nitrogen and oxygen atoms in total. The molecule has 0 spiro atoms. The number of carbonyl (C=O) groups is 1. The van der Waals surface area contributed by atoms with Crippen LogP contribution in [0, 0.1) is 5.92 Å². The molecule has 1 aromatic heterocycles. The van der Waals surface area contributed by atoms with Crippen molar-refractivity contribution < 1.29 is 9.53 Å². The molecule has 6 heteroatoms. The van der Waals surface area contributed by atoms with Crippen molar-refractivity contribution >= 4 is 16.9 Å². The monoisotopic (exact) mass is 316 g/mol. The molecule has 0 aliphatic heterocycles. The third-order valence-corrected chi connectivity index (χ3v) is 4.65. The molecule has 1 atom stereocenters. The summed E-state index contributed by atoms with van der Waals surface area (Å²) in [7, 11) is 1.29. The summed E-state index contributed by atoms with van der Waals surface area (Å²) in [6, 6.07) is 5.96. The van der Waals surface area contributed by atoms with Gasteiger partial charge in [-0.25, -0.2) is 14.2 Å². The SMILES string of the molecule is COC(=O)[C@@H](C1CCCCC1)n1c(=O)[nH]c2ccccc2c1=O. The molecule has 1 aliphatic rings. The van der Waals surface area contributed by atoms with Crippen LogP contribution in [0.3, 0.4) is 0 Å². The molecule has 0 amide bonds. The minimum absolute atomic E-state index is 0.0452. The second kappa shape index (κ2) is 6.40. The zero-order valence-electron chi connectivity index (χ0n) is 13.1. The topological polar surface area (TPSA) is 81.2 Å². The normalized spacial score (nSPS) is 17.1. The van der Waals surface area contributed by atoms with Gasteiger partial charge in [-0.2, -0.15) is 0 Å². The Bertz CT molecular complexity index is 830. The smallest absolute Gasteiger partial charge is 0.329 e. The number of esters is 1. The van der Waals surface area contributed by atoms with Crippen molar-refractivity contribution in [2.45, 2.75) is 38.1 Å². The Morgan fingerprint density at radius 2 is 1.91 bits per heavy atom. The molecule has 1 heterocycles. The lowest BCUT2D eigenvalue weighted by Crippen LogP contribution is -2.44. The Morgan fingerprint density at radius 1 is 1.22 bits per heavy atom. The van der Waals surface area contributed by atoms with Gasteiger partial charge in [0.25, 0.3) is 5.56 Å². The molecular formula is C17H20N2O4. The predicted molar refractivity (Wildman–Crippen MR) is 86.5 cm³/mol. The number of fused-ring (bicyclic) bond motifs is 1. The first-order valence-electron chi connectivity index (χ1n) is 7.95. The molecule has 2 aromatic rings. The number of carbonyl (C=O) groups excluding carboxylic acids is 1. The summed E-state index contributed by atoms with van der Waals surface area (Å²) >= 11 is 0. The van der Waals surface area contributed by atoms with Gasteiger partial charge in [0.15, 0.2) is 0 Å². The Balaban J connectivity index is 2.19. The predicted octanol–water partition coefficient (Wildman–Crippen LogP) is 1.98. The molecule has 1 saturated carbocycles. The quantitative estimate of drug-likeness (QED) is 0.878. The van der Waals surface area contributed by atoms with E-state index in [0.29, 0.717) is 10.9 Å². The molecule has 1 N–H and O–H groups in total. The summed E-state index contributed by atoms with van der Waals surface area (Å²) in [5, 5.41) is 0.400. The largest absolute Gasteiger partial charge is 0.467 e. The molecule has 0 saturated heterocycles. The van der Waals surface area contributed by atoms with Crippen molar-refractivity contribution in [3.8, 4) is 0 Å². The van der Waals surface area contributed by atoms with Crippen LogP contribution < -0.4 is 11.2 Å². The van der Waals surface area contributed by atoms with Crippen LogP contribution in [0.5, 0.6) is 0 Å². The number of rotatable bonds is 3. The number of nitrogens with one attached hydrogen (secondary N) is 1. The first-order chi connectivity index (χ1) is 11.1. The summed E-state index contributed by atoms with van der Waals surface area (Å²) in [6.07, 6.45) is 4.75. The van der Waals surface area contributed by atoms with E-state index in [1.807, 2.05) is 0 Å². The van der Waals surface area contributed by atoms with Crippen LogP contribution in [0.15, 0.2) is 33.9 Å². The Labute approximate surface area is 133 Å². The maximum Gasteiger partial charge on any atom is 0.329 e. The number of aromatic amines is 1. The highest BCUT2D eigenvalue weighted by Crippen LogP contribution is 2.32. The average molecular weight is 316 g/mol. The van der Waals surface area contributed by atoms with Crippen LogP contribution in [0.1, 0.15) is 38.1 Å². The van der Waals surface area contributed by atoms with Crippen molar-refractivity contribution in [1.29, 1.82) is 0 Å². The van der Waals surface area contributed by atoms with E-state index in [9.17, 15) is 14.4 Å². The third-order valence-electron chi connectivity index (χ3n) is 4.65. The lowest BCUT2D eigenvalue weighted by molar-refractivity contribution is -0.147. The maximum absolute atomic E-state index is 12.8. The Hall–Kier alpha value is -2.37. The average Bonchev–Trinajstić information content (AvgIpc) is 2.58. The zero-order chi connectivity index (χ0) is 16.4. The molecular weight excluding hydrogens is 296 g/mol. The third kappa shape index (κ3) is 2.81. The molecule has 1 aromatic carbocycles. The Kier molecular flexibility index (Phi) is 4.32. The van der Waals surface area contributed by atoms with Gasteiger partial charge in [0.2, 0.25) is 0 Å². The molecule has 0 radical (unpaired) electrons. The van der Waals surface area contributed by atoms with Crippen LogP contribution >= 0.6 is 0 Å². The van der Waals surface area contributed by atoms with E-state index < -0.39 is 23.3 Å². The van der Waals surface area contributed by atoms with Crippen molar-refractivity contribution in [2.24, 2.45) is 5.92 Å². The number of hydrogen-bond donors (Lipinski definition) is 1. The molecule has 0 bridgehead atoms. The zero-order valence-corrected chi connectivity index (χ0v) is 13.1. The van der Waals surface area contributed by atoms with E-state index in [-0.39, 0.29) is 5.92 Å². The summed E-state index contributed by atoms with van der Waals surface area (Å²) in [4.78, 5) is 40.3. The van der Waals surface area contributed by atoms with Gasteiger partial charge in [0.1, 0.15) is 6.04 Å². The van der Waals surface area contributed by atoms with E-state index in [2.05, 4.69) is 4.98 Å². The first kappa shape index (κ1) is 15.5. The highest BCUT2D eigenvalue weighted by Gasteiger charge is 2.34. The molecule has 122 valence electrons. The van der Waals surface area contributed by atoms with Crippen molar-refractivity contribution in [3.05, 3.63) is 45.1 Å². The number of methoxy groups -OCH3 is 1. The fourth-order valence-electron chi connectivity index (χ4n) is 3.51. The van der Waals surface area contributed by atoms with E-state index in [0.717, 1.165) is 36.7 Å². The fourth-order valence-corrected chi connectivity index (χ4v) is 3.51. The molecule has 3 rings (SSSR count). The number of H-pyrrole nitrogens is 1. The van der Waals surface area contributed by atoms with Gasteiger partial charge >= 0.3 is 11.7 Å². The summed E-state index contributed by atoms with van der Waals surface area (Å²) in [5.41, 5.74) is -0.522.